The molecule has 0 N–H and O–H groups in total. The Bertz CT molecular complexity index is 479. The first-order valence-corrected chi connectivity index (χ1v) is 7.63. The smallest absolute Gasteiger partial charge is 0.180 e. The molecule has 0 bridgehead atoms. The zero-order valence-electron chi connectivity index (χ0n) is 13.2. The standard InChI is InChI=1S/C17H25NO3/c1-13(2)12-21-17-5-4-14(3)10-15(17)16(19)11-18-6-8-20-9-7-18/h4-5,10,13H,6-9,11-12H2,1-3H3. The van der Waals surface area contributed by atoms with Crippen LogP contribution >= 0.6 is 0 Å². The summed E-state index contributed by atoms with van der Waals surface area (Å²) in [6.07, 6.45) is 0. The van der Waals surface area contributed by atoms with Crippen LogP contribution in [0.1, 0.15) is 29.8 Å². The molecule has 1 aromatic carbocycles. The van der Waals surface area contributed by atoms with Gasteiger partial charge in [-0.25, -0.2) is 0 Å². The fourth-order valence-corrected chi connectivity index (χ4v) is 2.29. The van der Waals surface area contributed by atoms with Gasteiger partial charge in [-0.2, -0.15) is 0 Å². The summed E-state index contributed by atoms with van der Waals surface area (Å²) < 4.78 is 11.1. The van der Waals surface area contributed by atoms with E-state index in [4.69, 9.17) is 9.47 Å². The van der Waals surface area contributed by atoms with Gasteiger partial charge in [0.15, 0.2) is 5.78 Å². The molecule has 0 saturated carbocycles. The Labute approximate surface area is 127 Å². The molecule has 1 aromatic rings. The Hall–Kier alpha value is -1.39. The summed E-state index contributed by atoms with van der Waals surface area (Å²) >= 11 is 0. The van der Waals surface area contributed by atoms with Crippen LogP contribution in [-0.2, 0) is 4.74 Å². The van der Waals surface area contributed by atoms with E-state index in [1.54, 1.807) is 0 Å². The molecule has 0 atom stereocenters. The lowest BCUT2D eigenvalue weighted by Crippen LogP contribution is -2.39. The summed E-state index contributed by atoms with van der Waals surface area (Å²) in [4.78, 5) is 14.7. The quantitative estimate of drug-likeness (QED) is 0.755. The number of benzene rings is 1. The predicted octanol–water partition coefficient (Wildman–Crippen LogP) is 2.54. The predicted molar refractivity (Wildman–Crippen MR) is 83.1 cm³/mol. The van der Waals surface area contributed by atoms with Crippen LogP contribution in [-0.4, -0.2) is 50.1 Å². The highest BCUT2D eigenvalue weighted by atomic mass is 16.5. The van der Waals surface area contributed by atoms with Gasteiger partial charge in [-0.15, -0.1) is 0 Å². The van der Waals surface area contributed by atoms with Gasteiger partial charge in [0.25, 0.3) is 0 Å². The van der Waals surface area contributed by atoms with Crippen LogP contribution in [0.25, 0.3) is 0 Å². The van der Waals surface area contributed by atoms with Crippen LogP contribution in [0.3, 0.4) is 0 Å². The first-order valence-electron chi connectivity index (χ1n) is 7.63. The summed E-state index contributed by atoms with van der Waals surface area (Å²) in [5, 5.41) is 0. The molecule has 0 aromatic heterocycles. The van der Waals surface area contributed by atoms with Gasteiger partial charge in [-0.05, 0) is 25.0 Å². The second-order valence-corrected chi connectivity index (χ2v) is 6.02. The maximum atomic E-state index is 12.6. The lowest BCUT2D eigenvalue weighted by molar-refractivity contribution is 0.0370. The number of rotatable bonds is 6. The van der Waals surface area contributed by atoms with E-state index in [9.17, 15) is 4.79 Å². The molecule has 1 aliphatic heterocycles. The largest absolute Gasteiger partial charge is 0.493 e. The molecule has 21 heavy (non-hydrogen) atoms. The number of ether oxygens (including phenoxy) is 2. The molecule has 4 nitrogen and oxygen atoms in total. The molecule has 1 heterocycles. The van der Waals surface area contributed by atoms with Crippen molar-refractivity contribution in [2.75, 3.05) is 39.5 Å². The minimum atomic E-state index is 0.124. The van der Waals surface area contributed by atoms with Crippen LogP contribution in [0.2, 0.25) is 0 Å². The second kappa shape index (κ2) is 7.57. The minimum absolute atomic E-state index is 0.124. The fraction of sp³-hybridized carbons (Fsp3) is 0.588. The maximum absolute atomic E-state index is 12.6. The molecule has 1 aliphatic rings. The molecule has 2 rings (SSSR count). The Kier molecular flexibility index (Phi) is 5.76. The molecule has 1 fully saturated rings. The van der Waals surface area contributed by atoms with E-state index in [0.29, 0.717) is 43.6 Å². The Morgan fingerprint density at radius 1 is 1.33 bits per heavy atom. The van der Waals surface area contributed by atoms with Gasteiger partial charge in [0.05, 0.1) is 31.9 Å². The molecular formula is C17H25NO3. The normalized spacial score (nSPS) is 16.2. The lowest BCUT2D eigenvalue weighted by Gasteiger charge is -2.26. The molecule has 0 spiro atoms. The second-order valence-electron chi connectivity index (χ2n) is 6.02. The Balaban J connectivity index is 2.08. The van der Waals surface area contributed by atoms with Crippen LogP contribution in [0.5, 0.6) is 5.75 Å². The molecule has 1 saturated heterocycles. The summed E-state index contributed by atoms with van der Waals surface area (Å²) in [5.41, 5.74) is 1.78. The fourth-order valence-electron chi connectivity index (χ4n) is 2.29. The lowest BCUT2D eigenvalue weighted by atomic mass is 10.1. The van der Waals surface area contributed by atoms with Crippen molar-refractivity contribution in [3.05, 3.63) is 29.3 Å². The van der Waals surface area contributed by atoms with Gasteiger partial charge < -0.3 is 9.47 Å². The van der Waals surface area contributed by atoms with Gasteiger partial charge in [-0.3, -0.25) is 9.69 Å². The third-order valence-corrected chi connectivity index (χ3v) is 3.48. The van der Waals surface area contributed by atoms with E-state index in [2.05, 4.69) is 18.7 Å². The highest BCUT2D eigenvalue weighted by molar-refractivity contribution is 6.00. The number of aryl methyl sites for hydroxylation is 1. The molecule has 4 heteroatoms. The third-order valence-electron chi connectivity index (χ3n) is 3.48. The molecule has 0 amide bonds. The van der Waals surface area contributed by atoms with Gasteiger partial charge in [-0.1, -0.05) is 25.5 Å². The number of Topliss-reactive ketones (excluding diaryl/α,β-unsaturated/α-hetero) is 1. The summed E-state index contributed by atoms with van der Waals surface area (Å²) in [6.45, 7) is 10.3. The van der Waals surface area contributed by atoms with Crippen LogP contribution in [0.15, 0.2) is 18.2 Å². The monoisotopic (exact) mass is 291 g/mol. The van der Waals surface area contributed by atoms with E-state index in [0.717, 1.165) is 18.7 Å². The van der Waals surface area contributed by atoms with E-state index in [-0.39, 0.29) is 5.78 Å². The average Bonchev–Trinajstić information content (AvgIpc) is 2.46. The van der Waals surface area contributed by atoms with Crippen molar-refractivity contribution in [1.29, 1.82) is 0 Å². The number of carbonyl (C=O) groups excluding carboxylic acids is 1. The van der Waals surface area contributed by atoms with Gasteiger partial charge in [0, 0.05) is 13.1 Å². The molecular weight excluding hydrogens is 266 g/mol. The molecule has 116 valence electrons. The van der Waals surface area contributed by atoms with Crippen molar-refractivity contribution in [3.8, 4) is 5.75 Å². The van der Waals surface area contributed by atoms with E-state index < -0.39 is 0 Å². The zero-order valence-corrected chi connectivity index (χ0v) is 13.2. The first-order chi connectivity index (χ1) is 10.1. The molecule has 0 radical (unpaired) electrons. The summed E-state index contributed by atoms with van der Waals surface area (Å²) in [6, 6.07) is 5.82. The summed E-state index contributed by atoms with van der Waals surface area (Å²) in [7, 11) is 0. The Morgan fingerprint density at radius 3 is 2.71 bits per heavy atom. The number of morpholine rings is 1. The third kappa shape index (κ3) is 4.83. The van der Waals surface area contributed by atoms with Crippen LogP contribution in [0, 0.1) is 12.8 Å². The zero-order chi connectivity index (χ0) is 15.2. The van der Waals surface area contributed by atoms with E-state index >= 15 is 0 Å². The van der Waals surface area contributed by atoms with E-state index in [1.165, 1.54) is 0 Å². The number of carbonyl (C=O) groups is 1. The van der Waals surface area contributed by atoms with Crippen LogP contribution < -0.4 is 4.74 Å². The summed E-state index contributed by atoms with van der Waals surface area (Å²) in [5.74, 6) is 1.26. The number of hydrogen-bond acceptors (Lipinski definition) is 4. The van der Waals surface area contributed by atoms with Crippen molar-refractivity contribution >= 4 is 5.78 Å². The maximum Gasteiger partial charge on any atom is 0.180 e. The highest BCUT2D eigenvalue weighted by Gasteiger charge is 2.18. The average molecular weight is 291 g/mol. The SMILES string of the molecule is Cc1ccc(OCC(C)C)c(C(=O)CN2CCOCC2)c1. The molecule has 0 aliphatic carbocycles. The number of nitrogens with zero attached hydrogens (tertiary/aromatic N) is 1. The van der Waals surface area contributed by atoms with Crippen LogP contribution in [0.4, 0.5) is 0 Å². The Morgan fingerprint density at radius 2 is 2.05 bits per heavy atom. The van der Waals surface area contributed by atoms with Crippen molar-refractivity contribution in [2.24, 2.45) is 5.92 Å². The number of ketones is 1. The topological polar surface area (TPSA) is 38.8 Å². The van der Waals surface area contributed by atoms with Gasteiger partial charge in [0.2, 0.25) is 0 Å². The van der Waals surface area contributed by atoms with Crippen molar-refractivity contribution in [1.82, 2.24) is 4.90 Å². The first kappa shape index (κ1) is 16.0. The van der Waals surface area contributed by atoms with Gasteiger partial charge >= 0.3 is 0 Å². The van der Waals surface area contributed by atoms with Crippen molar-refractivity contribution in [2.45, 2.75) is 20.8 Å². The van der Waals surface area contributed by atoms with Crippen molar-refractivity contribution in [3.63, 3.8) is 0 Å². The molecule has 0 unspecified atom stereocenters. The number of hydrogen-bond donors (Lipinski definition) is 0. The minimum Gasteiger partial charge on any atom is -0.493 e. The highest BCUT2D eigenvalue weighted by Crippen LogP contribution is 2.22. The van der Waals surface area contributed by atoms with E-state index in [1.807, 2.05) is 25.1 Å². The van der Waals surface area contributed by atoms with Gasteiger partial charge in [0.1, 0.15) is 5.75 Å². The van der Waals surface area contributed by atoms with Crippen molar-refractivity contribution < 1.29 is 14.3 Å².